The third-order valence-corrected chi connectivity index (χ3v) is 8.39. The van der Waals surface area contributed by atoms with Crippen molar-refractivity contribution < 1.29 is 145 Å². The van der Waals surface area contributed by atoms with Crippen LogP contribution < -0.4 is 88.7 Å². The van der Waals surface area contributed by atoms with E-state index in [1.54, 1.807) is 0 Å². The maximum Gasteiger partial charge on any atom is 1.00 e. The molecule has 222 valence electrons. The topological polar surface area (TPSA) is 230 Å². The molecule has 2 saturated heterocycles. The Balaban J connectivity index is -0.000000135. The molecule has 0 aromatic rings. The third kappa shape index (κ3) is 27.7. The van der Waals surface area contributed by atoms with Crippen molar-refractivity contribution in [2.45, 2.75) is 0 Å². The summed E-state index contributed by atoms with van der Waals surface area (Å²) in [7, 11) is -15.7. The van der Waals surface area contributed by atoms with Crippen LogP contribution in [0, 0.1) is 0 Å². The molecule has 0 aliphatic carbocycles. The molecule has 2 aliphatic rings. The van der Waals surface area contributed by atoms with Gasteiger partial charge in [0.1, 0.15) is 0 Å². The van der Waals surface area contributed by atoms with Crippen LogP contribution in [0.25, 0.3) is 0 Å². The van der Waals surface area contributed by atoms with Crippen LogP contribution in [0.2, 0.25) is 0 Å². The van der Waals surface area contributed by atoms with Crippen LogP contribution in [0.3, 0.4) is 0 Å². The van der Waals surface area contributed by atoms with Gasteiger partial charge >= 0.3 is 88.7 Å². The first-order valence-corrected chi connectivity index (χ1v) is 17.4. The van der Waals surface area contributed by atoms with Gasteiger partial charge in [-0.1, -0.05) is 0 Å². The summed E-state index contributed by atoms with van der Waals surface area (Å²) >= 11 is 0. The van der Waals surface area contributed by atoms with Crippen molar-refractivity contribution in [2.75, 3.05) is 102 Å². The van der Waals surface area contributed by atoms with E-state index in [1.165, 1.54) is 0 Å². The quantitative estimate of drug-likeness (QED) is 0.111. The average Bonchev–Trinajstić information content (AvgIpc) is 2.73. The van der Waals surface area contributed by atoms with Crippen LogP contribution in [0.4, 0.5) is 0 Å². The van der Waals surface area contributed by atoms with E-state index >= 15 is 0 Å². The Hall–Kier alpha value is 2.48. The first-order valence-electron chi connectivity index (χ1n) is 11.0. The zero-order valence-corrected chi connectivity index (χ0v) is 32.1. The monoisotopic (exact) mass is 676 g/mol. The van der Waals surface area contributed by atoms with E-state index in [9.17, 15) is 33.7 Å². The largest absolute Gasteiger partial charge is 1.00 e. The maximum absolute atomic E-state index is 10.6. The molecule has 0 spiro atoms. The van der Waals surface area contributed by atoms with Gasteiger partial charge in [0.05, 0.1) is 23.0 Å². The molecule has 0 unspecified atom stereocenters. The van der Waals surface area contributed by atoms with E-state index in [-0.39, 0.29) is 142 Å². The van der Waals surface area contributed by atoms with Gasteiger partial charge in [-0.25, -0.2) is 0 Å². The number of rotatable bonds is 12. The van der Waals surface area contributed by atoms with Crippen LogP contribution >= 0.6 is 0 Å². The predicted octanol–water partition coefficient (Wildman–Crippen LogP) is -11.9. The maximum atomic E-state index is 10.6. The van der Waals surface area contributed by atoms with Crippen LogP contribution in [0.5, 0.6) is 0 Å². The Morgan fingerprint density at radius 2 is 0.513 bits per heavy atom. The van der Waals surface area contributed by atoms with Gasteiger partial charge in [-0.05, 0) is 0 Å². The summed E-state index contributed by atoms with van der Waals surface area (Å²) in [4.78, 5) is 7.55. The van der Waals surface area contributed by atoms with Crippen molar-refractivity contribution in [3.8, 4) is 0 Å². The van der Waals surface area contributed by atoms with Gasteiger partial charge in [0.2, 0.25) is 0 Å². The molecule has 0 radical (unpaired) electrons. The van der Waals surface area contributed by atoms with E-state index < -0.39 is 40.5 Å². The molecule has 0 bridgehead atoms. The molecule has 0 amide bonds. The molecule has 0 aromatic carbocycles. The molecule has 2 rings (SSSR count). The zero-order valence-electron chi connectivity index (χ0n) is 25.8. The Morgan fingerprint density at radius 3 is 0.615 bits per heavy atom. The molecule has 23 heteroatoms. The summed E-state index contributed by atoms with van der Waals surface area (Å²) in [5, 5.41) is 0. The second-order valence-corrected chi connectivity index (χ2v) is 14.8. The van der Waals surface area contributed by atoms with Crippen molar-refractivity contribution in [1.82, 2.24) is 19.6 Å². The molecule has 0 aromatic heterocycles. The number of piperazine rings is 2. The SMILES string of the molecule is O=S(=O)(O)CCN1CCN(CCS(=O)(=O)O)CC1.O=S(=O)(O)CCN1CCN(CCS(=O)(=O)O)CC1.[H-].[H-].[H-].[Na+].[Na+].[Na+]. The first-order chi connectivity index (χ1) is 16.3. The second kappa shape index (κ2) is 21.3. The summed E-state index contributed by atoms with van der Waals surface area (Å²) in [5.41, 5.74) is 0. The number of hydrogen-bond acceptors (Lipinski definition) is 12. The van der Waals surface area contributed by atoms with Crippen LogP contribution in [-0.2, 0) is 40.5 Å². The minimum atomic E-state index is -3.93. The molecule has 4 N–H and O–H groups in total. The van der Waals surface area contributed by atoms with Crippen molar-refractivity contribution >= 4 is 40.5 Å². The van der Waals surface area contributed by atoms with Crippen molar-refractivity contribution in [2.24, 2.45) is 0 Å². The van der Waals surface area contributed by atoms with Crippen molar-refractivity contribution in [1.29, 1.82) is 0 Å². The Labute approximate surface area is 302 Å². The summed E-state index contributed by atoms with van der Waals surface area (Å²) < 4.78 is 119. The van der Waals surface area contributed by atoms with E-state index in [4.69, 9.17) is 18.2 Å². The standard InChI is InChI=1S/2C8H18N2O6S2.3Na.3H/c2*11-17(12,13)7-5-9-1-2-10(4-3-9)6-8-18(14,15)16;;;;;;/h2*1-8H2,(H,11,12,13)(H,14,15,16);;;;;;/q;;3*+1;3*-1. The van der Waals surface area contributed by atoms with Gasteiger partial charge in [0.25, 0.3) is 40.5 Å². The molecule has 0 saturated carbocycles. The summed E-state index contributed by atoms with van der Waals surface area (Å²) in [6.45, 7) is 5.97. The van der Waals surface area contributed by atoms with Crippen LogP contribution in [0.15, 0.2) is 0 Å². The molecule has 2 aliphatic heterocycles. The van der Waals surface area contributed by atoms with Crippen molar-refractivity contribution in [3.63, 3.8) is 0 Å². The molecular weight excluding hydrogens is 637 g/mol. The first kappa shape index (κ1) is 45.9. The Kier molecular flexibility index (Phi) is 25.0. The molecular formula is C16H39N4Na3O12S4. The van der Waals surface area contributed by atoms with Gasteiger partial charge in [-0.3, -0.25) is 37.8 Å². The Bertz CT molecular complexity index is 935. The fraction of sp³-hybridized carbons (Fsp3) is 1.00. The fourth-order valence-corrected chi connectivity index (χ4v) is 5.41. The second-order valence-electron chi connectivity index (χ2n) is 8.51. The zero-order chi connectivity index (χ0) is 27.6. The van der Waals surface area contributed by atoms with Gasteiger partial charge in [0, 0.05) is 78.5 Å². The third-order valence-electron chi connectivity index (χ3n) is 5.59. The minimum Gasteiger partial charge on any atom is -1.00 e. The van der Waals surface area contributed by atoms with Gasteiger partial charge < -0.3 is 4.28 Å². The van der Waals surface area contributed by atoms with E-state index in [0.29, 0.717) is 52.4 Å². The summed E-state index contributed by atoms with van der Waals surface area (Å²) in [5.74, 6) is -1.17. The number of hydrogen-bond donors (Lipinski definition) is 4. The van der Waals surface area contributed by atoms with Crippen LogP contribution in [-0.4, -0.2) is 173 Å². The smallest absolute Gasteiger partial charge is 1.00 e. The van der Waals surface area contributed by atoms with Gasteiger partial charge in [-0.2, -0.15) is 33.7 Å². The molecule has 0 atom stereocenters. The normalized spacial score (nSPS) is 18.6. The van der Waals surface area contributed by atoms with Gasteiger partial charge in [-0.15, -0.1) is 0 Å². The molecule has 2 heterocycles. The van der Waals surface area contributed by atoms with Crippen LogP contribution in [0.1, 0.15) is 4.28 Å². The Morgan fingerprint density at radius 1 is 0.385 bits per heavy atom. The average molecular weight is 677 g/mol. The van der Waals surface area contributed by atoms with E-state index in [2.05, 4.69) is 0 Å². The fourth-order valence-electron chi connectivity index (χ4n) is 3.45. The summed E-state index contributed by atoms with van der Waals surface area (Å²) in [6.07, 6.45) is 0. The van der Waals surface area contributed by atoms with E-state index in [1.807, 2.05) is 19.6 Å². The number of nitrogens with zero attached hydrogens (tertiary/aromatic N) is 4. The van der Waals surface area contributed by atoms with Crippen molar-refractivity contribution in [3.05, 3.63) is 0 Å². The molecule has 2 fully saturated rings. The van der Waals surface area contributed by atoms with E-state index in [0.717, 1.165) is 0 Å². The minimum absolute atomic E-state index is 0. The summed E-state index contributed by atoms with van der Waals surface area (Å²) in [6, 6.07) is 0. The van der Waals surface area contributed by atoms with Gasteiger partial charge in [0.15, 0.2) is 0 Å². The molecule has 39 heavy (non-hydrogen) atoms. The predicted molar refractivity (Wildman–Crippen MR) is 135 cm³/mol. The molecule has 16 nitrogen and oxygen atoms in total.